The highest BCUT2D eigenvalue weighted by Crippen LogP contribution is 2.20. The fourth-order valence-electron chi connectivity index (χ4n) is 3.16. The molecule has 1 aromatic carbocycles. The van der Waals surface area contributed by atoms with Crippen LogP contribution in [0.4, 0.5) is 0 Å². The Morgan fingerprint density at radius 2 is 2.11 bits per heavy atom. The molecule has 1 atom stereocenters. The number of esters is 1. The summed E-state index contributed by atoms with van der Waals surface area (Å²) in [5.41, 5.74) is 2.84. The highest BCUT2D eigenvalue weighted by atomic mass is 35.5. The molecule has 2 aromatic rings. The fourth-order valence-corrected chi connectivity index (χ4v) is 3.36. The van der Waals surface area contributed by atoms with E-state index in [0.29, 0.717) is 29.4 Å². The van der Waals surface area contributed by atoms with Crippen LogP contribution in [0, 0.1) is 13.8 Å². The van der Waals surface area contributed by atoms with Gasteiger partial charge in [0, 0.05) is 11.6 Å². The Kier molecular flexibility index (Phi) is 6.88. The molecule has 0 radical (unpaired) electrons. The van der Waals surface area contributed by atoms with Gasteiger partial charge in [-0.05, 0) is 44.7 Å². The molecule has 0 aliphatic carbocycles. The average Bonchev–Trinajstić information content (AvgIpc) is 2.95. The van der Waals surface area contributed by atoms with Gasteiger partial charge in [0.2, 0.25) is 0 Å². The van der Waals surface area contributed by atoms with Crippen molar-refractivity contribution in [1.29, 1.82) is 0 Å². The maximum Gasteiger partial charge on any atom is 0.341 e. The van der Waals surface area contributed by atoms with Crippen LogP contribution in [0.15, 0.2) is 24.3 Å². The maximum atomic E-state index is 12.5. The molecule has 0 unspecified atom stereocenters. The van der Waals surface area contributed by atoms with E-state index in [1.165, 1.54) is 0 Å². The van der Waals surface area contributed by atoms with Gasteiger partial charge in [-0.2, -0.15) is 5.10 Å². The van der Waals surface area contributed by atoms with Gasteiger partial charge in [-0.3, -0.25) is 4.68 Å². The number of rotatable bonds is 7. The van der Waals surface area contributed by atoms with Crippen LogP contribution in [0.5, 0.6) is 0 Å². The summed E-state index contributed by atoms with van der Waals surface area (Å²) in [6.07, 6.45) is 2.89. The standard InChI is InChI=1S/C20H25ClN2O4/c1-14-19(20(24)27-12-11-26-18-9-5-6-10-25-18)15(2)23(22-14)13-16-7-3-4-8-17(16)21/h3-4,7-8,18H,5-6,9-13H2,1-2H3/t18-/m1/s1. The van der Waals surface area contributed by atoms with Crippen LogP contribution < -0.4 is 0 Å². The molecule has 3 rings (SSSR count). The maximum absolute atomic E-state index is 12.5. The number of nitrogens with zero attached hydrogens (tertiary/aromatic N) is 2. The number of aryl methyl sites for hydroxylation is 1. The molecule has 1 aliphatic rings. The van der Waals surface area contributed by atoms with E-state index >= 15 is 0 Å². The van der Waals surface area contributed by atoms with Crippen LogP contribution in [0.25, 0.3) is 0 Å². The van der Waals surface area contributed by atoms with Crippen LogP contribution >= 0.6 is 11.6 Å². The second-order valence-electron chi connectivity index (χ2n) is 6.60. The molecule has 0 saturated carbocycles. The van der Waals surface area contributed by atoms with Crippen LogP contribution in [-0.4, -0.2) is 41.9 Å². The lowest BCUT2D eigenvalue weighted by Crippen LogP contribution is -2.24. The van der Waals surface area contributed by atoms with Gasteiger partial charge in [-0.1, -0.05) is 29.8 Å². The number of hydrogen-bond donors (Lipinski definition) is 0. The van der Waals surface area contributed by atoms with Crippen molar-refractivity contribution in [3.8, 4) is 0 Å². The number of ether oxygens (including phenoxy) is 3. The fraction of sp³-hybridized carbons (Fsp3) is 0.500. The molecule has 1 saturated heterocycles. The summed E-state index contributed by atoms with van der Waals surface area (Å²) >= 11 is 6.23. The second-order valence-corrected chi connectivity index (χ2v) is 7.00. The van der Waals surface area contributed by atoms with Crippen LogP contribution in [0.3, 0.4) is 0 Å². The zero-order valence-corrected chi connectivity index (χ0v) is 16.5. The SMILES string of the molecule is Cc1nn(Cc2ccccc2Cl)c(C)c1C(=O)OCCO[C@@H]1CCCCO1. The summed E-state index contributed by atoms with van der Waals surface area (Å²) in [5, 5.41) is 5.15. The van der Waals surface area contributed by atoms with E-state index in [1.54, 1.807) is 11.6 Å². The largest absolute Gasteiger partial charge is 0.460 e. The van der Waals surface area contributed by atoms with Gasteiger partial charge in [0.1, 0.15) is 12.2 Å². The highest BCUT2D eigenvalue weighted by molar-refractivity contribution is 6.31. The lowest BCUT2D eigenvalue weighted by Gasteiger charge is -2.22. The quantitative estimate of drug-likeness (QED) is 0.528. The van der Waals surface area contributed by atoms with Crippen molar-refractivity contribution < 1.29 is 19.0 Å². The highest BCUT2D eigenvalue weighted by Gasteiger charge is 2.21. The number of carbonyl (C=O) groups excluding carboxylic acids is 1. The average molecular weight is 393 g/mol. The van der Waals surface area contributed by atoms with Gasteiger partial charge in [-0.15, -0.1) is 0 Å². The first-order valence-electron chi connectivity index (χ1n) is 9.24. The van der Waals surface area contributed by atoms with E-state index in [9.17, 15) is 4.79 Å². The Morgan fingerprint density at radius 3 is 2.85 bits per heavy atom. The van der Waals surface area contributed by atoms with E-state index < -0.39 is 0 Å². The number of halogens is 1. The Bertz CT molecular complexity index is 784. The predicted molar refractivity (Wildman–Crippen MR) is 102 cm³/mol. The summed E-state index contributed by atoms with van der Waals surface area (Å²) in [7, 11) is 0. The summed E-state index contributed by atoms with van der Waals surface area (Å²) in [6, 6.07) is 7.60. The number of hydrogen-bond acceptors (Lipinski definition) is 5. The van der Waals surface area contributed by atoms with Crippen molar-refractivity contribution in [1.82, 2.24) is 9.78 Å². The molecule has 1 aromatic heterocycles. The van der Waals surface area contributed by atoms with E-state index in [0.717, 1.165) is 37.1 Å². The molecule has 0 N–H and O–H groups in total. The monoisotopic (exact) mass is 392 g/mol. The molecule has 7 heteroatoms. The predicted octanol–water partition coefficient (Wildman–Crippen LogP) is 3.90. The van der Waals surface area contributed by atoms with Gasteiger partial charge >= 0.3 is 5.97 Å². The van der Waals surface area contributed by atoms with Crippen LogP contribution in [0.1, 0.15) is 46.6 Å². The van der Waals surface area contributed by atoms with Gasteiger partial charge in [-0.25, -0.2) is 4.79 Å². The summed E-state index contributed by atoms with van der Waals surface area (Å²) < 4.78 is 18.2. The van der Waals surface area contributed by atoms with Crippen molar-refractivity contribution >= 4 is 17.6 Å². The zero-order valence-electron chi connectivity index (χ0n) is 15.7. The van der Waals surface area contributed by atoms with Gasteiger partial charge in [0.05, 0.1) is 24.5 Å². The van der Waals surface area contributed by atoms with Gasteiger partial charge < -0.3 is 14.2 Å². The molecule has 6 nitrogen and oxygen atoms in total. The Balaban J connectivity index is 1.56. The zero-order chi connectivity index (χ0) is 19.2. The lowest BCUT2D eigenvalue weighted by atomic mass is 10.2. The second kappa shape index (κ2) is 9.35. The van der Waals surface area contributed by atoms with Crippen LogP contribution in [-0.2, 0) is 20.8 Å². The lowest BCUT2D eigenvalue weighted by molar-refractivity contribution is -0.166. The van der Waals surface area contributed by atoms with Crippen molar-refractivity contribution in [3.63, 3.8) is 0 Å². The molecule has 0 bridgehead atoms. The molecule has 1 aliphatic heterocycles. The van der Waals surface area contributed by atoms with E-state index in [1.807, 2.05) is 31.2 Å². The number of benzene rings is 1. The van der Waals surface area contributed by atoms with Gasteiger partial charge in [0.15, 0.2) is 6.29 Å². The molecule has 0 amide bonds. The topological polar surface area (TPSA) is 62.6 Å². The Morgan fingerprint density at radius 1 is 1.30 bits per heavy atom. The molecular weight excluding hydrogens is 368 g/mol. The first kappa shape index (κ1) is 19.9. The number of carbonyl (C=O) groups is 1. The molecule has 1 fully saturated rings. The molecule has 146 valence electrons. The Hall–Kier alpha value is -1.89. The third kappa shape index (κ3) is 5.09. The van der Waals surface area contributed by atoms with E-state index in [2.05, 4.69) is 5.10 Å². The minimum Gasteiger partial charge on any atom is -0.460 e. The van der Waals surface area contributed by atoms with Gasteiger partial charge in [0.25, 0.3) is 0 Å². The summed E-state index contributed by atoms with van der Waals surface area (Å²) in [6.45, 7) is 5.41. The summed E-state index contributed by atoms with van der Waals surface area (Å²) in [4.78, 5) is 12.5. The molecular formula is C20H25ClN2O4. The molecule has 0 spiro atoms. The normalized spacial score (nSPS) is 17.1. The van der Waals surface area contributed by atoms with E-state index in [4.69, 9.17) is 25.8 Å². The van der Waals surface area contributed by atoms with Crippen molar-refractivity contribution in [2.75, 3.05) is 19.8 Å². The molecule has 27 heavy (non-hydrogen) atoms. The van der Waals surface area contributed by atoms with Crippen molar-refractivity contribution in [2.24, 2.45) is 0 Å². The van der Waals surface area contributed by atoms with Crippen molar-refractivity contribution in [2.45, 2.75) is 45.9 Å². The summed E-state index contributed by atoms with van der Waals surface area (Å²) in [5.74, 6) is -0.386. The third-order valence-electron chi connectivity index (χ3n) is 4.62. The Labute approximate surface area is 164 Å². The first-order valence-corrected chi connectivity index (χ1v) is 9.62. The van der Waals surface area contributed by atoms with E-state index in [-0.39, 0.29) is 18.9 Å². The third-order valence-corrected chi connectivity index (χ3v) is 4.99. The smallest absolute Gasteiger partial charge is 0.341 e. The minimum absolute atomic E-state index is 0.181. The number of aromatic nitrogens is 2. The minimum atomic E-state index is -0.386. The van der Waals surface area contributed by atoms with Crippen molar-refractivity contribution in [3.05, 3.63) is 51.8 Å². The van der Waals surface area contributed by atoms with Crippen LogP contribution in [0.2, 0.25) is 5.02 Å². The first-order chi connectivity index (χ1) is 13.1. The molecule has 2 heterocycles.